The first-order valence-electron chi connectivity index (χ1n) is 3.74. The average Bonchev–Trinajstić information content (AvgIpc) is 2.14. The normalized spacial score (nSPS) is 8.71. The Balaban J connectivity index is 2.84. The molecule has 0 saturated heterocycles. The van der Waals surface area contributed by atoms with Gasteiger partial charge in [-0.3, -0.25) is 4.79 Å². The molecule has 1 N–H and O–H groups in total. The lowest BCUT2D eigenvalue weighted by Crippen LogP contribution is -2.07. The van der Waals surface area contributed by atoms with E-state index in [2.05, 4.69) is 42.7 Å². The van der Waals surface area contributed by atoms with Gasteiger partial charge in [-0.1, -0.05) is 5.92 Å². The van der Waals surface area contributed by atoms with Crippen LogP contribution in [0.3, 0.4) is 0 Å². The molecule has 0 radical (unpaired) electrons. The Labute approximate surface area is 98.7 Å². The molecule has 72 valence electrons. The molecule has 0 aromatic carbocycles. The lowest BCUT2D eigenvalue weighted by Gasteiger charge is -1.99. The molecular formula is C9H7IN2OS. The monoisotopic (exact) mass is 318 g/mol. The minimum Gasteiger partial charge on any atom is -0.311 e. The van der Waals surface area contributed by atoms with Gasteiger partial charge in [0.25, 0.3) is 0 Å². The lowest BCUT2D eigenvalue weighted by atomic mass is 10.3. The fourth-order valence-corrected chi connectivity index (χ4v) is 1.32. The van der Waals surface area contributed by atoms with Crippen molar-refractivity contribution in [2.45, 2.75) is 6.92 Å². The summed E-state index contributed by atoms with van der Waals surface area (Å²) in [6.45, 7) is 1.45. The summed E-state index contributed by atoms with van der Waals surface area (Å²) in [7, 11) is 1.42. The van der Waals surface area contributed by atoms with Crippen LogP contribution in [-0.2, 0) is 4.79 Å². The molecule has 1 amide bonds. The number of anilines is 1. The number of amides is 1. The smallest absolute Gasteiger partial charge is 0.222 e. The van der Waals surface area contributed by atoms with Gasteiger partial charge in [0.15, 0.2) is 0 Å². The van der Waals surface area contributed by atoms with Gasteiger partial charge in [-0.05, 0) is 26.3 Å². The van der Waals surface area contributed by atoms with Crippen LogP contribution in [0.2, 0.25) is 0 Å². The van der Waals surface area contributed by atoms with E-state index < -0.39 is 0 Å². The van der Waals surface area contributed by atoms with Gasteiger partial charge in [0.2, 0.25) is 5.91 Å². The third kappa shape index (κ3) is 3.98. The number of nitrogens with one attached hydrogen (secondary N) is 1. The van der Waals surface area contributed by atoms with E-state index in [-0.39, 0.29) is 5.91 Å². The third-order valence-electron chi connectivity index (χ3n) is 1.30. The van der Waals surface area contributed by atoms with Crippen molar-refractivity contribution < 1.29 is 4.79 Å². The van der Waals surface area contributed by atoms with Crippen molar-refractivity contribution in [3.05, 3.63) is 23.9 Å². The molecule has 0 aliphatic carbocycles. The van der Waals surface area contributed by atoms with E-state index in [9.17, 15) is 4.79 Å². The number of pyridine rings is 1. The van der Waals surface area contributed by atoms with E-state index in [1.807, 2.05) is 0 Å². The molecular weight excluding hydrogens is 311 g/mol. The average molecular weight is 318 g/mol. The number of halogens is 1. The van der Waals surface area contributed by atoms with Gasteiger partial charge < -0.3 is 5.32 Å². The van der Waals surface area contributed by atoms with Crippen molar-refractivity contribution >= 4 is 41.9 Å². The second-order valence-corrected chi connectivity index (χ2v) is 4.09. The molecule has 14 heavy (non-hydrogen) atoms. The van der Waals surface area contributed by atoms with Crippen LogP contribution in [0, 0.1) is 11.2 Å². The van der Waals surface area contributed by atoms with Gasteiger partial charge in [-0.25, -0.2) is 4.98 Å². The van der Waals surface area contributed by atoms with Gasteiger partial charge in [0, 0.05) is 39.9 Å². The summed E-state index contributed by atoms with van der Waals surface area (Å²) in [6, 6.07) is 3.53. The SMILES string of the molecule is CC(=O)Nc1cc(C#CSI)ccn1. The van der Waals surface area contributed by atoms with Crippen LogP contribution >= 0.6 is 30.1 Å². The molecule has 0 atom stereocenters. The summed E-state index contributed by atoms with van der Waals surface area (Å²) >= 11 is 2.10. The number of hydrogen-bond acceptors (Lipinski definition) is 3. The van der Waals surface area contributed by atoms with Gasteiger partial charge in [-0.2, -0.15) is 0 Å². The molecule has 3 nitrogen and oxygen atoms in total. The van der Waals surface area contributed by atoms with E-state index >= 15 is 0 Å². The molecule has 5 heteroatoms. The second-order valence-electron chi connectivity index (χ2n) is 2.42. The number of rotatable bonds is 1. The van der Waals surface area contributed by atoms with Crippen molar-refractivity contribution in [1.29, 1.82) is 0 Å². The van der Waals surface area contributed by atoms with Crippen molar-refractivity contribution in [1.82, 2.24) is 4.98 Å². The van der Waals surface area contributed by atoms with Gasteiger partial charge >= 0.3 is 0 Å². The maximum absolute atomic E-state index is 10.7. The zero-order valence-corrected chi connectivity index (χ0v) is 10.3. The Kier molecular flexibility index (Phi) is 4.76. The minimum atomic E-state index is -0.133. The summed E-state index contributed by atoms with van der Waals surface area (Å²) in [5, 5.41) is 5.45. The highest BCUT2D eigenvalue weighted by molar-refractivity contribution is 14.2. The maximum Gasteiger partial charge on any atom is 0.222 e. The fourth-order valence-electron chi connectivity index (χ4n) is 0.835. The molecule has 0 fully saturated rings. The molecule has 0 unspecified atom stereocenters. The topological polar surface area (TPSA) is 42.0 Å². The Hall–Kier alpha value is -0.740. The molecule has 1 rings (SSSR count). The maximum atomic E-state index is 10.7. The predicted octanol–water partition coefficient (Wildman–Crippen LogP) is 2.43. The van der Waals surface area contributed by atoms with Crippen molar-refractivity contribution in [2.24, 2.45) is 0 Å². The van der Waals surface area contributed by atoms with E-state index in [1.165, 1.54) is 15.9 Å². The summed E-state index contributed by atoms with van der Waals surface area (Å²) in [5.74, 6) is 3.32. The first kappa shape index (κ1) is 11.3. The highest BCUT2D eigenvalue weighted by atomic mass is 127. The first-order chi connectivity index (χ1) is 6.72. The molecule has 0 bridgehead atoms. The number of hydrogen-bond donors (Lipinski definition) is 1. The van der Waals surface area contributed by atoms with Gasteiger partial charge in [0.05, 0.1) is 0 Å². The van der Waals surface area contributed by atoms with E-state index in [0.29, 0.717) is 5.82 Å². The van der Waals surface area contributed by atoms with Gasteiger partial charge in [0.1, 0.15) is 5.82 Å². The van der Waals surface area contributed by atoms with Crippen molar-refractivity contribution in [3.63, 3.8) is 0 Å². The lowest BCUT2D eigenvalue weighted by molar-refractivity contribution is -0.114. The largest absolute Gasteiger partial charge is 0.311 e. The Morgan fingerprint density at radius 3 is 3.14 bits per heavy atom. The van der Waals surface area contributed by atoms with Crippen LogP contribution in [0.25, 0.3) is 0 Å². The van der Waals surface area contributed by atoms with E-state index in [4.69, 9.17) is 0 Å². The predicted molar refractivity (Wildman–Crippen MR) is 67.0 cm³/mol. The standard InChI is InChI=1S/C9H7IN2OS/c1-7(13)12-9-6-8(2-4-11-9)3-5-14-10/h2,4,6H,1H3,(H,11,12,13). The molecule has 1 aromatic rings. The van der Waals surface area contributed by atoms with Crippen LogP contribution in [0.15, 0.2) is 18.3 Å². The molecule has 0 spiro atoms. The van der Waals surface area contributed by atoms with Crippen molar-refractivity contribution in [2.75, 3.05) is 5.32 Å². The quantitative estimate of drug-likeness (QED) is 0.639. The summed E-state index contributed by atoms with van der Waals surface area (Å²) in [4.78, 5) is 14.7. The molecule has 0 saturated carbocycles. The van der Waals surface area contributed by atoms with Crippen LogP contribution in [0.1, 0.15) is 12.5 Å². The minimum absolute atomic E-state index is 0.133. The molecule has 1 heterocycles. The molecule has 1 aromatic heterocycles. The summed E-state index contributed by atoms with van der Waals surface area (Å²) < 4.78 is 0. The van der Waals surface area contributed by atoms with Crippen LogP contribution in [0.4, 0.5) is 5.82 Å². The first-order valence-corrected chi connectivity index (χ1v) is 7.10. The number of carbonyl (C=O) groups excluding carboxylic acids is 1. The fraction of sp³-hybridized carbons (Fsp3) is 0.111. The van der Waals surface area contributed by atoms with E-state index in [0.717, 1.165) is 5.56 Å². The summed E-state index contributed by atoms with van der Waals surface area (Å²) in [5.41, 5.74) is 0.841. The van der Waals surface area contributed by atoms with Crippen LogP contribution in [0.5, 0.6) is 0 Å². The Morgan fingerprint density at radius 2 is 2.50 bits per heavy atom. The molecule has 0 aliphatic rings. The van der Waals surface area contributed by atoms with E-state index in [1.54, 1.807) is 18.3 Å². The Bertz CT molecular complexity index is 397. The van der Waals surface area contributed by atoms with Crippen LogP contribution < -0.4 is 5.32 Å². The van der Waals surface area contributed by atoms with Gasteiger partial charge in [-0.15, -0.1) is 0 Å². The van der Waals surface area contributed by atoms with Crippen LogP contribution in [-0.4, -0.2) is 10.9 Å². The zero-order chi connectivity index (χ0) is 10.4. The highest BCUT2D eigenvalue weighted by Crippen LogP contribution is 2.09. The second kappa shape index (κ2) is 5.88. The summed E-state index contributed by atoms with van der Waals surface area (Å²) in [6.07, 6.45) is 1.62. The zero-order valence-electron chi connectivity index (χ0n) is 7.37. The number of aromatic nitrogens is 1. The Morgan fingerprint density at radius 1 is 1.71 bits per heavy atom. The number of carbonyl (C=O) groups is 1. The third-order valence-corrected chi connectivity index (χ3v) is 2.14. The molecule has 0 aliphatic heterocycles. The number of nitrogens with zero attached hydrogens (tertiary/aromatic N) is 1. The highest BCUT2D eigenvalue weighted by Gasteiger charge is 1.96. The van der Waals surface area contributed by atoms with Crippen molar-refractivity contribution in [3.8, 4) is 11.2 Å².